The fourth-order valence-corrected chi connectivity index (χ4v) is 8.47. The second kappa shape index (κ2) is 8.04. The molecule has 1 amide bonds. The normalized spacial score (nSPS) is 43.0. The number of amides is 1. The van der Waals surface area contributed by atoms with Gasteiger partial charge in [-0.2, -0.15) is 0 Å². The van der Waals surface area contributed by atoms with Gasteiger partial charge >= 0.3 is 0 Å². The van der Waals surface area contributed by atoms with Crippen molar-refractivity contribution in [2.45, 2.75) is 105 Å². The Balaban J connectivity index is 1.55. The molecule has 0 aromatic carbocycles. The molecule has 1 heterocycles. The summed E-state index contributed by atoms with van der Waals surface area (Å²) in [5, 5.41) is 3.36. The van der Waals surface area contributed by atoms with E-state index in [0.29, 0.717) is 23.2 Å². The Morgan fingerprint density at radius 3 is 2.62 bits per heavy atom. The van der Waals surface area contributed by atoms with Crippen LogP contribution in [0.15, 0.2) is 11.8 Å². The zero-order valence-corrected chi connectivity index (χ0v) is 19.7. The van der Waals surface area contributed by atoms with Crippen molar-refractivity contribution in [3.63, 3.8) is 0 Å². The standard InChI is InChI=1S/C27H45NO/c1-18(2)9-8-10-19(3)21-12-13-22-20-17-25(29)28-24-11-6-7-15-27(24,5)23(20)14-16-26(21,22)4/h11,18-23H,6-10,12-17H2,1-5H3,(H,28,29)/t19-,20+,21-,22+,23+,26-,27-/m1/s1. The number of rotatable bonds is 5. The molecule has 2 heteroatoms. The van der Waals surface area contributed by atoms with Crippen LogP contribution in [0.1, 0.15) is 105 Å². The Kier molecular flexibility index (Phi) is 5.95. The van der Waals surface area contributed by atoms with Gasteiger partial charge in [0.25, 0.3) is 0 Å². The monoisotopic (exact) mass is 399 g/mol. The predicted octanol–water partition coefficient (Wildman–Crippen LogP) is 7.10. The summed E-state index contributed by atoms with van der Waals surface area (Å²) in [5.74, 6) is 4.86. The highest BCUT2D eigenvalue weighted by Gasteiger charge is 2.59. The molecular formula is C27H45NO. The summed E-state index contributed by atoms with van der Waals surface area (Å²) < 4.78 is 0. The molecule has 1 saturated heterocycles. The molecule has 4 aliphatic rings. The van der Waals surface area contributed by atoms with Gasteiger partial charge in [-0.25, -0.2) is 0 Å². The molecule has 1 N–H and O–H groups in total. The van der Waals surface area contributed by atoms with Crippen molar-refractivity contribution >= 4 is 5.91 Å². The number of hydrogen-bond acceptors (Lipinski definition) is 1. The van der Waals surface area contributed by atoms with Gasteiger partial charge in [0.2, 0.25) is 5.91 Å². The molecule has 2 nitrogen and oxygen atoms in total. The summed E-state index contributed by atoms with van der Waals surface area (Å²) in [6.07, 6.45) is 16.4. The van der Waals surface area contributed by atoms with Crippen molar-refractivity contribution in [2.75, 3.05) is 0 Å². The molecule has 1 aliphatic heterocycles. The third-order valence-electron chi connectivity index (χ3n) is 10.0. The molecule has 0 radical (unpaired) electrons. The highest BCUT2D eigenvalue weighted by atomic mass is 16.1. The van der Waals surface area contributed by atoms with E-state index in [-0.39, 0.29) is 5.41 Å². The topological polar surface area (TPSA) is 29.1 Å². The van der Waals surface area contributed by atoms with Crippen LogP contribution in [0.25, 0.3) is 0 Å². The zero-order chi connectivity index (χ0) is 20.8. The summed E-state index contributed by atoms with van der Waals surface area (Å²) in [6.45, 7) is 12.3. The van der Waals surface area contributed by atoms with Crippen LogP contribution in [0.4, 0.5) is 0 Å². The van der Waals surface area contributed by atoms with Crippen molar-refractivity contribution < 1.29 is 4.79 Å². The molecule has 29 heavy (non-hydrogen) atoms. The molecule has 164 valence electrons. The van der Waals surface area contributed by atoms with Crippen LogP contribution in [0.2, 0.25) is 0 Å². The maximum absolute atomic E-state index is 12.9. The molecule has 0 aromatic heterocycles. The lowest BCUT2D eigenvalue weighted by Crippen LogP contribution is -2.47. The van der Waals surface area contributed by atoms with Crippen LogP contribution in [0.5, 0.6) is 0 Å². The number of carbonyl (C=O) groups excluding carboxylic acids is 1. The zero-order valence-electron chi connectivity index (χ0n) is 19.7. The lowest BCUT2D eigenvalue weighted by Gasteiger charge is -2.54. The molecule has 7 atom stereocenters. The van der Waals surface area contributed by atoms with E-state index < -0.39 is 0 Å². The Bertz CT molecular complexity index is 651. The summed E-state index contributed by atoms with van der Waals surface area (Å²) in [7, 11) is 0. The van der Waals surface area contributed by atoms with Crippen molar-refractivity contribution in [2.24, 2.45) is 46.3 Å². The van der Waals surface area contributed by atoms with Gasteiger partial charge in [0.15, 0.2) is 0 Å². The van der Waals surface area contributed by atoms with Crippen LogP contribution < -0.4 is 5.32 Å². The summed E-state index contributed by atoms with van der Waals surface area (Å²) in [4.78, 5) is 12.9. The fourth-order valence-electron chi connectivity index (χ4n) is 8.47. The first kappa shape index (κ1) is 21.4. The van der Waals surface area contributed by atoms with E-state index in [0.717, 1.165) is 36.5 Å². The van der Waals surface area contributed by atoms with Crippen LogP contribution >= 0.6 is 0 Å². The summed E-state index contributed by atoms with van der Waals surface area (Å²) in [5.41, 5.74) is 1.94. The second-order valence-electron chi connectivity index (χ2n) is 12.1. The van der Waals surface area contributed by atoms with Gasteiger partial charge in [-0.05, 0) is 85.9 Å². The maximum atomic E-state index is 12.9. The average Bonchev–Trinajstić information content (AvgIpc) is 2.95. The van der Waals surface area contributed by atoms with Crippen molar-refractivity contribution in [1.82, 2.24) is 5.32 Å². The van der Waals surface area contributed by atoms with Gasteiger partial charge in [0, 0.05) is 17.5 Å². The fraction of sp³-hybridized carbons (Fsp3) is 0.889. The molecule has 3 fully saturated rings. The molecule has 2 saturated carbocycles. The van der Waals surface area contributed by atoms with Crippen molar-refractivity contribution in [3.8, 4) is 0 Å². The van der Waals surface area contributed by atoms with E-state index in [1.54, 1.807) is 0 Å². The lowest BCUT2D eigenvalue weighted by molar-refractivity contribution is -0.123. The minimum absolute atomic E-state index is 0.206. The van der Waals surface area contributed by atoms with Crippen LogP contribution in [0.3, 0.4) is 0 Å². The summed E-state index contributed by atoms with van der Waals surface area (Å²) in [6, 6.07) is 0. The van der Waals surface area contributed by atoms with E-state index in [4.69, 9.17) is 0 Å². The Morgan fingerprint density at radius 1 is 1.07 bits per heavy atom. The summed E-state index contributed by atoms with van der Waals surface area (Å²) >= 11 is 0. The van der Waals surface area contributed by atoms with E-state index in [1.165, 1.54) is 63.5 Å². The van der Waals surface area contributed by atoms with E-state index >= 15 is 0 Å². The second-order valence-corrected chi connectivity index (χ2v) is 12.1. The SMILES string of the molecule is CC(C)CCC[C@@H](C)[C@H]1CC[C@H]2[C@@H]3CC(=O)NC4=CCCC[C@]4(C)[C@H]3CC[C@]12C. The van der Waals surface area contributed by atoms with Gasteiger partial charge in [0.05, 0.1) is 0 Å². The third kappa shape index (κ3) is 3.72. The van der Waals surface area contributed by atoms with E-state index in [9.17, 15) is 4.79 Å². The molecular weight excluding hydrogens is 354 g/mol. The average molecular weight is 400 g/mol. The minimum atomic E-state index is 0.206. The first-order valence-electron chi connectivity index (χ1n) is 12.8. The molecule has 0 unspecified atom stereocenters. The largest absolute Gasteiger partial charge is 0.330 e. The van der Waals surface area contributed by atoms with Gasteiger partial charge < -0.3 is 5.32 Å². The predicted molar refractivity (Wildman–Crippen MR) is 121 cm³/mol. The van der Waals surface area contributed by atoms with Crippen LogP contribution in [-0.4, -0.2) is 5.91 Å². The Hall–Kier alpha value is -0.790. The number of hydrogen-bond donors (Lipinski definition) is 1. The molecule has 3 aliphatic carbocycles. The van der Waals surface area contributed by atoms with Crippen molar-refractivity contribution in [3.05, 3.63) is 11.8 Å². The van der Waals surface area contributed by atoms with Crippen molar-refractivity contribution in [1.29, 1.82) is 0 Å². The Morgan fingerprint density at radius 2 is 1.86 bits per heavy atom. The Labute approximate surface area is 179 Å². The van der Waals surface area contributed by atoms with Crippen LogP contribution in [-0.2, 0) is 4.79 Å². The minimum Gasteiger partial charge on any atom is -0.330 e. The first-order chi connectivity index (χ1) is 13.8. The number of nitrogens with one attached hydrogen (secondary N) is 1. The molecule has 0 spiro atoms. The molecule has 0 bridgehead atoms. The van der Waals surface area contributed by atoms with Gasteiger partial charge in [-0.1, -0.05) is 60.0 Å². The smallest absolute Gasteiger partial charge is 0.224 e. The van der Waals surface area contributed by atoms with Gasteiger partial charge in [-0.15, -0.1) is 0 Å². The highest BCUT2D eigenvalue weighted by Crippen LogP contribution is 2.65. The maximum Gasteiger partial charge on any atom is 0.224 e. The number of carbonyl (C=O) groups is 1. The lowest BCUT2D eigenvalue weighted by atomic mass is 9.50. The third-order valence-corrected chi connectivity index (χ3v) is 10.0. The molecule has 4 rings (SSSR count). The number of allylic oxidation sites excluding steroid dienone is 2. The van der Waals surface area contributed by atoms with Gasteiger partial charge in [-0.3, -0.25) is 4.79 Å². The molecule has 0 aromatic rings. The quantitative estimate of drug-likeness (QED) is 0.525. The van der Waals surface area contributed by atoms with E-state index in [2.05, 4.69) is 46.0 Å². The highest BCUT2D eigenvalue weighted by molar-refractivity contribution is 5.79. The van der Waals surface area contributed by atoms with Gasteiger partial charge in [0.1, 0.15) is 0 Å². The first-order valence-corrected chi connectivity index (χ1v) is 12.8. The van der Waals surface area contributed by atoms with E-state index in [1.807, 2.05) is 0 Å². The van der Waals surface area contributed by atoms with Crippen LogP contribution in [0, 0.1) is 46.3 Å². The number of fused-ring (bicyclic) bond motifs is 5.